The smallest absolute Gasteiger partial charge is 0.0434 e. The number of hydrogen-bond acceptors (Lipinski definition) is 2. The van der Waals surface area contributed by atoms with E-state index in [-0.39, 0.29) is 0 Å². The fourth-order valence-corrected chi connectivity index (χ4v) is 4.38. The molecule has 0 spiro atoms. The van der Waals surface area contributed by atoms with E-state index < -0.39 is 0 Å². The molecule has 0 atom stereocenters. The van der Waals surface area contributed by atoms with E-state index in [0.29, 0.717) is 5.92 Å². The number of pyridine rings is 1. The van der Waals surface area contributed by atoms with Gasteiger partial charge in [0.2, 0.25) is 0 Å². The summed E-state index contributed by atoms with van der Waals surface area (Å²) < 4.78 is 0. The van der Waals surface area contributed by atoms with E-state index in [0.717, 1.165) is 5.92 Å². The molecule has 0 unspecified atom stereocenters. The largest absolute Gasteiger partial charge is 0.260 e. The summed E-state index contributed by atoms with van der Waals surface area (Å²) in [4.78, 5) is 6.08. The minimum absolute atomic E-state index is 0.694. The van der Waals surface area contributed by atoms with Crippen LogP contribution in [0.1, 0.15) is 69.9 Å². The van der Waals surface area contributed by atoms with Gasteiger partial charge in [-0.05, 0) is 49.1 Å². The first-order valence-corrected chi connectivity index (χ1v) is 9.74. The molecule has 2 heteroatoms. The molecule has 1 aliphatic rings. The van der Waals surface area contributed by atoms with Crippen molar-refractivity contribution in [1.82, 2.24) is 4.98 Å². The standard InChI is InChI=1S/C20H27NS/c1-2-3-4-6-16-8-10-17(11-9-16)19-13-12-18(15-21-19)20-7-5-14-22-20/h5,7,12-17H,2-4,6,8-11H2,1H3/t16-,17-. The van der Waals surface area contributed by atoms with Crippen molar-refractivity contribution in [2.24, 2.45) is 5.92 Å². The Hall–Kier alpha value is -1.15. The summed E-state index contributed by atoms with van der Waals surface area (Å²) in [7, 11) is 0. The fraction of sp³-hybridized carbons (Fsp3) is 0.550. The molecule has 0 aromatic carbocycles. The zero-order valence-corrected chi connectivity index (χ0v) is 14.4. The highest BCUT2D eigenvalue weighted by Crippen LogP contribution is 2.37. The summed E-state index contributed by atoms with van der Waals surface area (Å²) in [5.41, 5.74) is 2.57. The second-order valence-electron chi connectivity index (χ2n) is 6.66. The predicted octanol–water partition coefficient (Wildman–Crippen LogP) is 6.66. The van der Waals surface area contributed by atoms with Crippen molar-refractivity contribution < 1.29 is 0 Å². The number of thiophene rings is 1. The number of hydrogen-bond donors (Lipinski definition) is 0. The Balaban J connectivity index is 1.53. The van der Waals surface area contributed by atoms with Crippen molar-refractivity contribution in [2.75, 3.05) is 0 Å². The molecule has 0 aliphatic heterocycles. The van der Waals surface area contributed by atoms with Gasteiger partial charge in [-0.1, -0.05) is 44.7 Å². The molecular weight excluding hydrogens is 286 g/mol. The maximum Gasteiger partial charge on any atom is 0.0434 e. The van der Waals surface area contributed by atoms with Gasteiger partial charge in [0, 0.05) is 28.2 Å². The third-order valence-electron chi connectivity index (χ3n) is 5.07. The first-order valence-electron chi connectivity index (χ1n) is 8.86. The third kappa shape index (κ3) is 3.98. The predicted molar refractivity (Wildman–Crippen MR) is 96.4 cm³/mol. The molecule has 1 aliphatic carbocycles. The molecule has 1 saturated carbocycles. The topological polar surface area (TPSA) is 12.9 Å². The van der Waals surface area contributed by atoms with Crippen molar-refractivity contribution in [1.29, 1.82) is 0 Å². The van der Waals surface area contributed by atoms with E-state index in [2.05, 4.69) is 42.8 Å². The maximum atomic E-state index is 4.77. The second kappa shape index (κ2) is 7.92. The number of unbranched alkanes of at least 4 members (excludes halogenated alkanes) is 2. The van der Waals surface area contributed by atoms with Gasteiger partial charge in [0.05, 0.1) is 0 Å². The fourth-order valence-electron chi connectivity index (χ4n) is 3.67. The maximum absolute atomic E-state index is 4.77. The average Bonchev–Trinajstić information content (AvgIpc) is 3.11. The van der Waals surface area contributed by atoms with Gasteiger partial charge in [0.25, 0.3) is 0 Å². The van der Waals surface area contributed by atoms with Crippen molar-refractivity contribution in [3.63, 3.8) is 0 Å². The Morgan fingerprint density at radius 3 is 2.59 bits per heavy atom. The van der Waals surface area contributed by atoms with Gasteiger partial charge < -0.3 is 0 Å². The highest BCUT2D eigenvalue weighted by Gasteiger charge is 2.22. The summed E-state index contributed by atoms with van der Waals surface area (Å²) in [6.07, 6.45) is 13.2. The molecule has 2 aromatic rings. The minimum Gasteiger partial charge on any atom is -0.260 e. The molecule has 0 N–H and O–H groups in total. The Morgan fingerprint density at radius 2 is 1.95 bits per heavy atom. The zero-order chi connectivity index (χ0) is 15.2. The monoisotopic (exact) mass is 313 g/mol. The van der Waals surface area contributed by atoms with Crippen molar-refractivity contribution >= 4 is 11.3 Å². The minimum atomic E-state index is 0.694. The van der Waals surface area contributed by atoms with Gasteiger partial charge in [-0.3, -0.25) is 4.98 Å². The molecule has 1 fully saturated rings. The third-order valence-corrected chi connectivity index (χ3v) is 5.99. The molecule has 2 aromatic heterocycles. The summed E-state index contributed by atoms with van der Waals surface area (Å²) in [6.45, 7) is 2.29. The summed E-state index contributed by atoms with van der Waals surface area (Å²) in [5, 5.41) is 2.13. The van der Waals surface area contributed by atoms with E-state index in [1.807, 2.05) is 0 Å². The average molecular weight is 314 g/mol. The van der Waals surface area contributed by atoms with Crippen LogP contribution in [-0.4, -0.2) is 4.98 Å². The van der Waals surface area contributed by atoms with E-state index >= 15 is 0 Å². The molecule has 1 nitrogen and oxygen atoms in total. The highest BCUT2D eigenvalue weighted by atomic mass is 32.1. The molecule has 0 bridgehead atoms. The summed E-state index contributed by atoms with van der Waals surface area (Å²) in [6, 6.07) is 8.79. The molecule has 118 valence electrons. The van der Waals surface area contributed by atoms with Gasteiger partial charge in [0.1, 0.15) is 0 Å². The molecule has 3 rings (SSSR count). The molecule has 0 amide bonds. The van der Waals surface area contributed by atoms with Crippen LogP contribution in [0.15, 0.2) is 35.8 Å². The van der Waals surface area contributed by atoms with Gasteiger partial charge in [-0.25, -0.2) is 0 Å². The van der Waals surface area contributed by atoms with Gasteiger partial charge in [-0.2, -0.15) is 0 Å². The van der Waals surface area contributed by atoms with Crippen molar-refractivity contribution in [2.45, 2.75) is 64.2 Å². The quantitative estimate of drug-likeness (QED) is 0.543. The van der Waals surface area contributed by atoms with Crippen LogP contribution >= 0.6 is 11.3 Å². The first-order chi connectivity index (χ1) is 10.9. The Bertz CT molecular complexity index is 536. The SMILES string of the molecule is CCCCC[C@H]1CC[C@H](c2ccc(-c3cccs3)cn2)CC1. The number of nitrogens with zero attached hydrogens (tertiary/aromatic N) is 1. The zero-order valence-electron chi connectivity index (χ0n) is 13.6. The van der Waals surface area contributed by atoms with E-state index in [1.165, 1.54) is 67.5 Å². The van der Waals surface area contributed by atoms with Gasteiger partial charge in [0.15, 0.2) is 0 Å². The van der Waals surface area contributed by atoms with Gasteiger partial charge in [-0.15, -0.1) is 11.3 Å². The lowest BCUT2D eigenvalue weighted by molar-refractivity contribution is 0.300. The normalized spacial score (nSPS) is 21.9. The molecule has 2 heterocycles. The van der Waals surface area contributed by atoms with Crippen LogP contribution in [0.5, 0.6) is 0 Å². The Kier molecular flexibility index (Phi) is 5.66. The summed E-state index contributed by atoms with van der Waals surface area (Å²) >= 11 is 1.79. The molecular formula is C20H27NS. The lowest BCUT2D eigenvalue weighted by Crippen LogP contribution is -2.14. The van der Waals surface area contributed by atoms with Crippen LogP contribution < -0.4 is 0 Å². The molecule has 0 radical (unpaired) electrons. The lowest BCUT2D eigenvalue weighted by atomic mass is 9.78. The molecule has 22 heavy (non-hydrogen) atoms. The van der Waals surface area contributed by atoms with Crippen LogP contribution in [0.3, 0.4) is 0 Å². The highest BCUT2D eigenvalue weighted by molar-refractivity contribution is 7.13. The Labute approximate surface area is 138 Å². The molecule has 0 saturated heterocycles. The Morgan fingerprint density at radius 1 is 1.09 bits per heavy atom. The van der Waals surface area contributed by atoms with Crippen LogP contribution in [0.25, 0.3) is 10.4 Å². The van der Waals surface area contributed by atoms with E-state index in [1.54, 1.807) is 11.3 Å². The van der Waals surface area contributed by atoms with E-state index in [4.69, 9.17) is 4.98 Å². The second-order valence-corrected chi connectivity index (χ2v) is 7.61. The summed E-state index contributed by atoms with van der Waals surface area (Å²) in [5.74, 6) is 1.67. The lowest BCUT2D eigenvalue weighted by Gasteiger charge is -2.28. The van der Waals surface area contributed by atoms with Gasteiger partial charge >= 0.3 is 0 Å². The number of aromatic nitrogens is 1. The van der Waals surface area contributed by atoms with Crippen LogP contribution in [0.2, 0.25) is 0 Å². The first kappa shape index (κ1) is 15.7. The van der Waals surface area contributed by atoms with E-state index in [9.17, 15) is 0 Å². The van der Waals surface area contributed by atoms with Crippen molar-refractivity contribution in [3.05, 3.63) is 41.5 Å². The van der Waals surface area contributed by atoms with Crippen LogP contribution in [0, 0.1) is 5.92 Å². The van der Waals surface area contributed by atoms with Crippen molar-refractivity contribution in [3.8, 4) is 10.4 Å². The number of rotatable bonds is 6. The van der Waals surface area contributed by atoms with Crippen LogP contribution in [0.4, 0.5) is 0 Å². The van der Waals surface area contributed by atoms with Crippen LogP contribution in [-0.2, 0) is 0 Å².